The second kappa shape index (κ2) is 8.13. The number of amides is 2. The topological polar surface area (TPSA) is 40.6 Å². The SMILES string of the molecule is O=C(c1ccccc1)N1CCCN(C(=O)C2CC2c2ccc(C(F)(F)F)cc2)CC1. The fourth-order valence-electron chi connectivity index (χ4n) is 4.09. The molecule has 2 fully saturated rings. The summed E-state index contributed by atoms with van der Waals surface area (Å²) in [6, 6.07) is 14.2. The van der Waals surface area contributed by atoms with Gasteiger partial charge in [0, 0.05) is 37.7 Å². The Labute approximate surface area is 173 Å². The molecule has 4 rings (SSSR count). The van der Waals surface area contributed by atoms with Crippen molar-refractivity contribution in [1.82, 2.24) is 9.80 Å². The molecule has 4 nitrogen and oxygen atoms in total. The molecule has 7 heteroatoms. The number of benzene rings is 2. The molecule has 1 saturated heterocycles. The van der Waals surface area contributed by atoms with Crippen molar-refractivity contribution in [2.24, 2.45) is 5.92 Å². The molecule has 2 unspecified atom stereocenters. The van der Waals surface area contributed by atoms with Gasteiger partial charge in [-0.05, 0) is 48.6 Å². The van der Waals surface area contributed by atoms with Gasteiger partial charge in [-0.25, -0.2) is 0 Å². The number of hydrogen-bond donors (Lipinski definition) is 0. The minimum Gasteiger partial charge on any atom is -0.341 e. The van der Waals surface area contributed by atoms with E-state index in [-0.39, 0.29) is 23.7 Å². The van der Waals surface area contributed by atoms with Gasteiger partial charge < -0.3 is 9.80 Å². The highest BCUT2D eigenvalue weighted by Crippen LogP contribution is 2.49. The van der Waals surface area contributed by atoms with E-state index >= 15 is 0 Å². The summed E-state index contributed by atoms with van der Waals surface area (Å²) in [5.41, 5.74) is 0.740. The molecule has 2 aromatic carbocycles. The molecule has 30 heavy (non-hydrogen) atoms. The molecule has 1 heterocycles. The highest BCUT2D eigenvalue weighted by molar-refractivity contribution is 5.94. The number of halogens is 3. The van der Waals surface area contributed by atoms with Gasteiger partial charge in [0.25, 0.3) is 5.91 Å². The molecular weight excluding hydrogens is 393 g/mol. The van der Waals surface area contributed by atoms with E-state index in [0.29, 0.717) is 44.6 Å². The minimum absolute atomic E-state index is 0.0231. The fraction of sp³-hybridized carbons (Fsp3) is 0.391. The third kappa shape index (κ3) is 4.35. The highest BCUT2D eigenvalue weighted by atomic mass is 19.4. The molecule has 2 aliphatic rings. The Morgan fingerprint density at radius 2 is 1.47 bits per heavy atom. The Hall–Kier alpha value is -2.83. The molecule has 1 aliphatic heterocycles. The zero-order valence-corrected chi connectivity index (χ0v) is 16.4. The first-order valence-electron chi connectivity index (χ1n) is 10.1. The highest BCUT2D eigenvalue weighted by Gasteiger charge is 2.46. The maximum Gasteiger partial charge on any atom is 0.416 e. The summed E-state index contributed by atoms with van der Waals surface area (Å²) in [4.78, 5) is 29.1. The maximum absolute atomic E-state index is 12.9. The second-order valence-electron chi connectivity index (χ2n) is 7.91. The summed E-state index contributed by atoms with van der Waals surface area (Å²) in [6.07, 6.45) is -2.98. The molecule has 2 aromatic rings. The van der Waals surface area contributed by atoms with Crippen molar-refractivity contribution in [2.45, 2.75) is 24.9 Å². The van der Waals surface area contributed by atoms with E-state index in [1.165, 1.54) is 12.1 Å². The first-order chi connectivity index (χ1) is 14.3. The molecule has 1 saturated carbocycles. The zero-order chi connectivity index (χ0) is 21.3. The molecule has 2 amide bonds. The van der Waals surface area contributed by atoms with Gasteiger partial charge in [0.1, 0.15) is 0 Å². The van der Waals surface area contributed by atoms with E-state index in [4.69, 9.17) is 0 Å². The van der Waals surface area contributed by atoms with E-state index < -0.39 is 11.7 Å². The standard InChI is InChI=1S/C23H23F3N2O2/c24-23(25,26)18-9-7-16(8-10-18)19-15-20(19)22(30)28-12-4-11-27(13-14-28)21(29)17-5-2-1-3-6-17/h1-3,5-10,19-20H,4,11-15H2. The van der Waals surface area contributed by atoms with E-state index in [2.05, 4.69) is 0 Å². The Morgan fingerprint density at radius 1 is 0.833 bits per heavy atom. The van der Waals surface area contributed by atoms with Crippen molar-refractivity contribution in [3.63, 3.8) is 0 Å². The zero-order valence-electron chi connectivity index (χ0n) is 16.4. The number of rotatable bonds is 3. The van der Waals surface area contributed by atoms with Crippen LogP contribution in [0.4, 0.5) is 13.2 Å². The van der Waals surface area contributed by atoms with Crippen molar-refractivity contribution < 1.29 is 22.8 Å². The van der Waals surface area contributed by atoms with E-state index in [1.54, 1.807) is 21.9 Å². The molecule has 0 aromatic heterocycles. The van der Waals surface area contributed by atoms with Crippen LogP contribution in [-0.2, 0) is 11.0 Å². The third-order valence-corrected chi connectivity index (χ3v) is 5.89. The van der Waals surface area contributed by atoms with Crippen LogP contribution in [0.1, 0.15) is 40.2 Å². The average molecular weight is 416 g/mol. The van der Waals surface area contributed by atoms with Crippen molar-refractivity contribution in [1.29, 1.82) is 0 Å². The first-order valence-corrected chi connectivity index (χ1v) is 10.1. The average Bonchev–Trinajstić information content (AvgIpc) is 3.56. The van der Waals surface area contributed by atoms with Crippen molar-refractivity contribution in [3.8, 4) is 0 Å². The van der Waals surface area contributed by atoms with Crippen LogP contribution in [-0.4, -0.2) is 47.8 Å². The summed E-state index contributed by atoms with van der Waals surface area (Å²) >= 11 is 0. The molecule has 0 bridgehead atoms. The molecule has 2 atom stereocenters. The molecule has 1 aliphatic carbocycles. The van der Waals surface area contributed by atoms with Crippen molar-refractivity contribution >= 4 is 11.8 Å². The summed E-state index contributed by atoms with van der Waals surface area (Å²) in [5, 5.41) is 0. The molecule has 0 spiro atoms. The van der Waals surface area contributed by atoms with Crippen LogP contribution in [0, 0.1) is 5.92 Å². The van der Waals surface area contributed by atoms with Crippen LogP contribution in [0.3, 0.4) is 0 Å². The second-order valence-corrected chi connectivity index (χ2v) is 7.91. The monoisotopic (exact) mass is 416 g/mol. The Kier molecular flexibility index (Phi) is 5.54. The predicted molar refractivity (Wildman–Crippen MR) is 106 cm³/mol. The Morgan fingerprint density at radius 3 is 2.13 bits per heavy atom. The number of hydrogen-bond acceptors (Lipinski definition) is 2. The van der Waals surface area contributed by atoms with Crippen molar-refractivity contribution in [2.75, 3.05) is 26.2 Å². The summed E-state index contributed by atoms with van der Waals surface area (Å²) in [6.45, 7) is 2.16. The molecule has 0 N–H and O–H groups in total. The van der Waals surface area contributed by atoms with Gasteiger partial charge in [-0.2, -0.15) is 13.2 Å². The molecular formula is C23H23F3N2O2. The Balaban J connectivity index is 1.34. The third-order valence-electron chi connectivity index (χ3n) is 5.89. The van der Waals surface area contributed by atoms with Gasteiger partial charge in [-0.15, -0.1) is 0 Å². The quantitative estimate of drug-likeness (QED) is 0.753. The van der Waals surface area contributed by atoms with Gasteiger partial charge in [-0.1, -0.05) is 30.3 Å². The van der Waals surface area contributed by atoms with Crippen LogP contribution in [0.5, 0.6) is 0 Å². The lowest BCUT2D eigenvalue weighted by Gasteiger charge is -2.22. The minimum atomic E-state index is -4.35. The normalized spacial score (nSPS) is 21.8. The largest absolute Gasteiger partial charge is 0.416 e. The lowest BCUT2D eigenvalue weighted by Crippen LogP contribution is -2.38. The van der Waals surface area contributed by atoms with Crippen LogP contribution >= 0.6 is 0 Å². The summed E-state index contributed by atoms with van der Waals surface area (Å²) in [5.74, 6) is -0.198. The first kappa shape index (κ1) is 20.4. The van der Waals surface area contributed by atoms with Crippen LogP contribution in [0.25, 0.3) is 0 Å². The predicted octanol–water partition coefficient (Wildman–Crippen LogP) is 4.18. The Bertz CT molecular complexity index is 912. The van der Waals surface area contributed by atoms with Gasteiger partial charge in [0.05, 0.1) is 5.56 Å². The number of alkyl halides is 3. The van der Waals surface area contributed by atoms with E-state index in [1.807, 2.05) is 18.2 Å². The van der Waals surface area contributed by atoms with Crippen LogP contribution in [0.2, 0.25) is 0 Å². The van der Waals surface area contributed by atoms with Crippen LogP contribution < -0.4 is 0 Å². The lowest BCUT2D eigenvalue weighted by atomic mass is 10.1. The number of nitrogens with zero attached hydrogens (tertiary/aromatic N) is 2. The van der Waals surface area contributed by atoms with Crippen LogP contribution in [0.15, 0.2) is 54.6 Å². The lowest BCUT2D eigenvalue weighted by molar-refractivity contribution is -0.137. The summed E-state index contributed by atoms with van der Waals surface area (Å²) in [7, 11) is 0. The van der Waals surface area contributed by atoms with E-state index in [9.17, 15) is 22.8 Å². The van der Waals surface area contributed by atoms with Gasteiger partial charge in [0.15, 0.2) is 0 Å². The van der Waals surface area contributed by atoms with Gasteiger partial charge >= 0.3 is 6.18 Å². The maximum atomic E-state index is 12.9. The van der Waals surface area contributed by atoms with Gasteiger partial charge in [0.2, 0.25) is 5.91 Å². The van der Waals surface area contributed by atoms with E-state index in [0.717, 1.165) is 17.7 Å². The molecule has 158 valence electrons. The number of carbonyl (C=O) groups excluding carboxylic acids is 2. The van der Waals surface area contributed by atoms with Crippen molar-refractivity contribution in [3.05, 3.63) is 71.3 Å². The van der Waals surface area contributed by atoms with Gasteiger partial charge in [-0.3, -0.25) is 9.59 Å². The fourth-order valence-corrected chi connectivity index (χ4v) is 4.09. The number of carbonyl (C=O) groups is 2. The molecule has 0 radical (unpaired) electrons. The smallest absolute Gasteiger partial charge is 0.341 e. The summed E-state index contributed by atoms with van der Waals surface area (Å²) < 4.78 is 38.2.